The maximum Gasteiger partial charge on any atom is 2.00 e. The smallest absolute Gasteiger partial charge is 1.00 e. The summed E-state index contributed by atoms with van der Waals surface area (Å²) in [6.07, 6.45) is 0. The molecule has 0 aliphatic heterocycles. The third kappa shape index (κ3) is 5.74. The van der Waals surface area contributed by atoms with Crippen LogP contribution in [0.25, 0.3) is 11.1 Å². The molecule has 0 bridgehead atoms. The van der Waals surface area contributed by atoms with Gasteiger partial charge in [-0.3, -0.25) is 0 Å². The van der Waals surface area contributed by atoms with Gasteiger partial charge in [-0.05, 0) is 11.1 Å². The molecule has 0 fully saturated rings. The first kappa shape index (κ1) is 15.8. The van der Waals surface area contributed by atoms with Crippen LogP contribution in [0.1, 0.15) is 2.85 Å². The zero-order chi connectivity index (χ0) is 10.9. The molecule has 0 unspecified atom stereocenters. The Kier molecular flexibility index (Phi) is 9.80. The normalized spacial score (nSPS) is 8.56. The molecule has 0 heterocycles. The van der Waals surface area contributed by atoms with E-state index >= 15 is 0 Å². The average Bonchev–Trinajstić information content (AvgIpc) is 2.32. The number of rotatable bonds is 1. The Labute approximate surface area is 130 Å². The van der Waals surface area contributed by atoms with E-state index in [1.165, 1.54) is 11.1 Å². The molecule has 2 aromatic rings. The van der Waals surface area contributed by atoms with Gasteiger partial charge in [0, 0.05) is 0 Å². The van der Waals surface area contributed by atoms with E-state index in [9.17, 15) is 0 Å². The first-order chi connectivity index (χ1) is 7.38. The van der Waals surface area contributed by atoms with Crippen molar-refractivity contribution in [2.24, 2.45) is 0 Å². The summed E-state index contributed by atoms with van der Waals surface area (Å²) >= 11 is 0. The Balaban J connectivity index is -0.000000345. The number of hydrogen-bond acceptors (Lipinski definition) is 1. The number of benzene rings is 2. The molecule has 0 spiro atoms. The van der Waals surface area contributed by atoms with Crippen LogP contribution < -0.4 is 0 Å². The van der Waals surface area contributed by atoms with Crippen LogP contribution in [0.2, 0.25) is 0 Å². The van der Waals surface area contributed by atoms with Crippen LogP contribution in [0.5, 0.6) is 0 Å². The van der Waals surface area contributed by atoms with E-state index in [0.29, 0.717) is 0 Å². The zero-order valence-corrected chi connectivity index (χ0v) is 11.9. The Bertz CT molecular complexity index is 364. The minimum Gasteiger partial charge on any atom is -1.00 e. The predicted molar refractivity (Wildman–Crippen MR) is 69.7 cm³/mol. The Morgan fingerprint density at radius 2 is 1.06 bits per heavy atom. The van der Waals surface area contributed by atoms with Crippen LogP contribution in [-0.4, -0.2) is 42.6 Å². The van der Waals surface area contributed by atoms with Crippen LogP contribution in [-0.2, 0) is 4.57 Å². The molecule has 0 saturated carbocycles. The predicted octanol–water partition coefficient (Wildman–Crippen LogP) is 3.38. The third-order valence-electron chi connectivity index (χ3n) is 1.88. The Morgan fingerprint density at radius 3 is 1.31 bits per heavy atom. The van der Waals surface area contributed by atoms with Crippen molar-refractivity contribution < 1.29 is 12.3 Å². The van der Waals surface area contributed by atoms with Gasteiger partial charge < -0.3 is 7.75 Å². The molecule has 0 atom stereocenters. The van der Waals surface area contributed by atoms with Gasteiger partial charge >= 0.3 is 46.4 Å². The van der Waals surface area contributed by atoms with Crippen LogP contribution >= 0.6 is 8.69 Å². The SMILES string of the molecule is O=PO.[Ca+2].[H-].[H-].c1ccc(-c2ccccc2)cc1. The minimum atomic E-state index is -0.833. The van der Waals surface area contributed by atoms with Gasteiger partial charge in [-0.15, -0.1) is 0 Å². The van der Waals surface area contributed by atoms with Crippen LogP contribution in [0.15, 0.2) is 60.7 Å². The minimum absolute atomic E-state index is 0. The average molecular weight is 260 g/mol. The van der Waals surface area contributed by atoms with E-state index in [2.05, 4.69) is 48.5 Å². The molecule has 2 aromatic carbocycles. The summed E-state index contributed by atoms with van der Waals surface area (Å²) in [7, 11) is -0.833. The molecule has 2 rings (SSSR count). The van der Waals surface area contributed by atoms with Crippen molar-refractivity contribution in [1.29, 1.82) is 0 Å². The fraction of sp³-hybridized carbons (Fsp3) is 0. The van der Waals surface area contributed by atoms with Gasteiger partial charge in [-0.2, -0.15) is 0 Å². The van der Waals surface area contributed by atoms with Gasteiger partial charge in [0.05, 0.1) is 0 Å². The summed E-state index contributed by atoms with van der Waals surface area (Å²) in [6.45, 7) is 0. The van der Waals surface area contributed by atoms with Gasteiger partial charge in [0.1, 0.15) is 0 Å². The molecule has 0 amide bonds. The number of hydrogen-bond donors (Lipinski definition) is 1. The molecule has 4 heteroatoms. The topological polar surface area (TPSA) is 37.3 Å². The summed E-state index contributed by atoms with van der Waals surface area (Å²) in [5.74, 6) is 0. The van der Waals surface area contributed by atoms with E-state index in [1.807, 2.05) is 12.1 Å². The van der Waals surface area contributed by atoms with Crippen molar-refractivity contribution in [3.05, 3.63) is 60.7 Å². The molecule has 0 saturated heterocycles. The first-order valence-electron chi connectivity index (χ1n) is 4.45. The molecular formula is C12H13CaO2P. The van der Waals surface area contributed by atoms with Crippen molar-refractivity contribution in [2.45, 2.75) is 0 Å². The van der Waals surface area contributed by atoms with Crippen molar-refractivity contribution >= 4 is 46.4 Å². The molecule has 80 valence electrons. The largest absolute Gasteiger partial charge is 2.00 e. The zero-order valence-electron chi connectivity index (χ0n) is 10.8. The van der Waals surface area contributed by atoms with Crippen LogP contribution in [0.3, 0.4) is 0 Å². The maximum absolute atomic E-state index is 8.46. The van der Waals surface area contributed by atoms with E-state index in [-0.39, 0.29) is 40.6 Å². The summed E-state index contributed by atoms with van der Waals surface area (Å²) in [4.78, 5) is 6.99. The quantitative estimate of drug-likeness (QED) is 0.630. The molecule has 2 nitrogen and oxygen atoms in total. The molecule has 0 radical (unpaired) electrons. The maximum atomic E-state index is 8.46. The summed E-state index contributed by atoms with van der Waals surface area (Å²) < 4.78 is 8.46. The standard InChI is InChI=1S/C12H10.Ca.HO2P.2H/c1-3-7-11(8-4-1)12-9-5-2-6-10-12;;1-3-2;;/h1-10H;;(H,1,2);;/q;+2;;2*-1. The van der Waals surface area contributed by atoms with Crippen molar-refractivity contribution in [2.75, 3.05) is 0 Å². The summed E-state index contributed by atoms with van der Waals surface area (Å²) in [5, 5.41) is 0. The van der Waals surface area contributed by atoms with Gasteiger partial charge in [0.15, 0.2) is 0 Å². The van der Waals surface area contributed by atoms with E-state index in [1.54, 1.807) is 0 Å². The summed E-state index contributed by atoms with van der Waals surface area (Å²) in [6, 6.07) is 20.8. The summed E-state index contributed by atoms with van der Waals surface area (Å²) in [5.41, 5.74) is 2.55. The molecule has 0 aromatic heterocycles. The van der Waals surface area contributed by atoms with E-state index < -0.39 is 8.69 Å². The second kappa shape index (κ2) is 9.95. The van der Waals surface area contributed by atoms with E-state index in [4.69, 9.17) is 9.46 Å². The van der Waals surface area contributed by atoms with Crippen LogP contribution in [0.4, 0.5) is 0 Å². The van der Waals surface area contributed by atoms with Gasteiger partial charge in [-0.1, -0.05) is 60.7 Å². The Hall–Kier alpha value is -0.240. The third-order valence-corrected chi connectivity index (χ3v) is 1.88. The molecule has 0 aliphatic carbocycles. The monoisotopic (exact) mass is 260 g/mol. The molecular weight excluding hydrogens is 247 g/mol. The van der Waals surface area contributed by atoms with E-state index in [0.717, 1.165) is 0 Å². The van der Waals surface area contributed by atoms with Gasteiger partial charge in [-0.25, -0.2) is 4.57 Å². The fourth-order valence-corrected chi connectivity index (χ4v) is 1.26. The second-order valence-electron chi connectivity index (χ2n) is 2.81. The van der Waals surface area contributed by atoms with Gasteiger partial charge in [0.2, 0.25) is 0 Å². The van der Waals surface area contributed by atoms with Crippen LogP contribution in [0, 0.1) is 0 Å². The second-order valence-corrected chi connectivity index (χ2v) is 2.98. The molecule has 0 aliphatic rings. The fourth-order valence-electron chi connectivity index (χ4n) is 1.26. The first-order valence-corrected chi connectivity index (χ1v) is 5.22. The van der Waals surface area contributed by atoms with Crippen molar-refractivity contribution in [1.82, 2.24) is 0 Å². The molecule has 16 heavy (non-hydrogen) atoms. The Morgan fingerprint density at radius 1 is 0.812 bits per heavy atom. The molecule has 1 N–H and O–H groups in total. The van der Waals surface area contributed by atoms with Crippen molar-refractivity contribution in [3.8, 4) is 11.1 Å². The van der Waals surface area contributed by atoms with Crippen molar-refractivity contribution in [3.63, 3.8) is 0 Å². The van der Waals surface area contributed by atoms with Gasteiger partial charge in [0.25, 0.3) is 0 Å².